The van der Waals surface area contributed by atoms with Gasteiger partial charge in [-0.05, 0) is 18.2 Å². The predicted molar refractivity (Wildman–Crippen MR) is 92.2 cm³/mol. The molecular weight excluding hydrogens is 325 g/mol. The Morgan fingerprint density at radius 3 is 2.68 bits per heavy atom. The molecule has 1 saturated heterocycles. The topological polar surface area (TPSA) is 44.8 Å². The van der Waals surface area contributed by atoms with Crippen LogP contribution in [0.4, 0.5) is 5.69 Å². The third kappa shape index (κ3) is 5.65. The van der Waals surface area contributed by atoms with Crippen molar-refractivity contribution in [3.63, 3.8) is 0 Å². The number of hydrogen-bond donors (Lipinski definition) is 1. The molecule has 5 nitrogen and oxygen atoms in total. The summed E-state index contributed by atoms with van der Waals surface area (Å²) in [7, 11) is 1.65. The Morgan fingerprint density at radius 1 is 1.32 bits per heavy atom. The summed E-state index contributed by atoms with van der Waals surface area (Å²) in [6.07, 6.45) is 0. The summed E-state index contributed by atoms with van der Waals surface area (Å²) in [5.41, 5.74) is 1.12. The van der Waals surface area contributed by atoms with Gasteiger partial charge in [-0.2, -0.15) is 0 Å². The van der Waals surface area contributed by atoms with Crippen molar-refractivity contribution in [3.8, 4) is 0 Å². The molecule has 22 heavy (non-hydrogen) atoms. The van der Waals surface area contributed by atoms with E-state index in [1.54, 1.807) is 7.11 Å². The minimum atomic E-state index is 0. The van der Waals surface area contributed by atoms with E-state index < -0.39 is 0 Å². The Labute approximate surface area is 143 Å². The van der Waals surface area contributed by atoms with Crippen molar-refractivity contribution in [3.05, 3.63) is 29.3 Å². The van der Waals surface area contributed by atoms with Crippen molar-refractivity contribution in [2.75, 3.05) is 57.9 Å². The van der Waals surface area contributed by atoms with Crippen molar-refractivity contribution in [1.82, 2.24) is 10.2 Å². The first kappa shape index (κ1) is 19.0. The second-order valence-electron chi connectivity index (χ2n) is 5.02. The van der Waals surface area contributed by atoms with Crippen LogP contribution in [0.25, 0.3) is 0 Å². The summed E-state index contributed by atoms with van der Waals surface area (Å²) in [5, 5.41) is 3.83. The van der Waals surface area contributed by atoms with Gasteiger partial charge in [0.15, 0.2) is 0 Å². The molecule has 0 atom stereocenters. The lowest BCUT2D eigenvalue weighted by Gasteiger charge is -2.36. The molecule has 2 rings (SSSR count). The van der Waals surface area contributed by atoms with Gasteiger partial charge in [0.25, 0.3) is 0 Å². The molecule has 1 aromatic rings. The SMILES string of the molecule is COCCNCC(=O)N1CCN(c2cccc(Cl)c2)CC1.Cl. The van der Waals surface area contributed by atoms with Crippen LogP contribution in [0.15, 0.2) is 24.3 Å². The highest BCUT2D eigenvalue weighted by Gasteiger charge is 2.20. The van der Waals surface area contributed by atoms with E-state index in [2.05, 4.69) is 16.3 Å². The summed E-state index contributed by atoms with van der Waals surface area (Å²) >= 11 is 6.02. The normalized spacial score (nSPS) is 14.6. The summed E-state index contributed by atoms with van der Waals surface area (Å²) in [6.45, 7) is 4.87. The summed E-state index contributed by atoms with van der Waals surface area (Å²) < 4.78 is 4.94. The lowest BCUT2D eigenvalue weighted by atomic mass is 10.2. The van der Waals surface area contributed by atoms with Crippen molar-refractivity contribution in [2.24, 2.45) is 0 Å². The number of carbonyl (C=O) groups is 1. The Bertz CT molecular complexity index is 466. The minimum absolute atomic E-state index is 0. The summed E-state index contributed by atoms with van der Waals surface area (Å²) in [4.78, 5) is 16.2. The molecule has 0 bridgehead atoms. The quantitative estimate of drug-likeness (QED) is 0.794. The van der Waals surface area contributed by atoms with E-state index >= 15 is 0 Å². The van der Waals surface area contributed by atoms with E-state index in [0.717, 1.165) is 36.9 Å². The molecule has 0 aliphatic carbocycles. The van der Waals surface area contributed by atoms with Crippen LogP contribution in [0.2, 0.25) is 5.02 Å². The first-order chi connectivity index (χ1) is 10.2. The molecule has 0 saturated carbocycles. The van der Waals surface area contributed by atoms with Gasteiger partial charge in [0, 0.05) is 50.5 Å². The molecule has 1 amide bonds. The molecule has 0 aromatic heterocycles. The molecule has 1 aromatic carbocycles. The lowest BCUT2D eigenvalue weighted by molar-refractivity contribution is -0.130. The van der Waals surface area contributed by atoms with Crippen LogP contribution in [-0.2, 0) is 9.53 Å². The van der Waals surface area contributed by atoms with E-state index in [1.807, 2.05) is 23.1 Å². The molecule has 1 heterocycles. The maximum atomic E-state index is 12.0. The summed E-state index contributed by atoms with van der Waals surface area (Å²) in [5.74, 6) is 0.150. The molecule has 0 spiro atoms. The Balaban J connectivity index is 0.00000242. The van der Waals surface area contributed by atoms with Gasteiger partial charge >= 0.3 is 0 Å². The number of piperazine rings is 1. The molecule has 1 N–H and O–H groups in total. The molecule has 1 fully saturated rings. The van der Waals surface area contributed by atoms with Crippen molar-refractivity contribution in [1.29, 1.82) is 0 Å². The first-order valence-corrected chi connectivity index (χ1v) is 7.56. The molecule has 1 aliphatic rings. The fraction of sp³-hybridized carbons (Fsp3) is 0.533. The van der Waals surface area contributed by atoms with Crippen LogP contribution in [0.5, 0.6) is 0 Å². The number of nitrogens with one attached hydrogen (secondary N) is 1. The molecule has 0 radical (unpaired) electrons. The number of nitrogens with zero attached hydrogens (tertiary/aromatic N) is 2. The Hall–Kier alpha value is -1.01. The van der Waals surface area contributed by atoms with Crippen molar-refractivity contribution >= 4 is 35.6 Å². The monoisotopic (exact) mass is 347 g/mol. The number of benzene rings is 1. The fourth-order valence-electron chi connectivity index (χ4n) is 2.37. The van der Waals surface area contributed by atoms with Gasteiger partial charge in [-0.25, -0.2) is 0 Å². The lowest BCUT2D eigenvalue weighted by Crippen LogP contribution is -2.51. The van der Waals surface area contributed by atoms with Gasteiger partial charge in [-0.1, -0.05) is 17.7 Å². The zero-order chi connectivity index (χ0) is 15.1. The van der Waals surface area contributed by atoms with Crippen LogP contribution in [0.3, 0.4) is 0 Å². The number of amides is 1. The number of ether oxygens (including phenoxy) is 1. The molecule has 1 aliphatic heterocycles. The molecule has 7 heteroatoms. The minimum Gasteiger partial charge on any atom is -0.383 e. The highest BCUT2D eigenvalue weighted by atomic mass is 35.5. The van der Waals surface area contributed by atoms with E-state index in [4.69, 9.17) is 16.3 Å². The van der Waals surface area contributed by atoms with Crippen LogP contribution in [0.1, 0.15) is 0 Å². The second kappa shape index (κ2) is 9.90. The zero-order valence-corrected chi connectivity index (χ0v) is 14.3. The number of rotatable bonds is 6. The van der Waals surface area contributed by atoms with Crippen LogP contribution in [-0.4, -0.2) is 63.8 Å². The maximum Gasteiger partial charge on any atom is 0.236 e. The Kier molecular flexibility index (Phi) is 8.56. The predicted octanol–water partition coefficient (Wildman–Crippen LogP) is 1.65. The van der Waals surface area contributed by atoms with Crippen LogP contribution < -0.4 is 10.2 Å². The van der Waals surface area contributed by atoms with Gasteiger partial charge in [0.05, 0.1) is 13.2 Å². The van der Waals surface area contributed by atoms with Gasteiger partial charge in [0.1, 0.15) is 0 Å². The largest absolute Gasteiger partial charge is 0.383 e. The van der Waals surface area contributed by atoms with Crippen LogP contribution >= 0.6 is 24.0 Å². The maximum absolute atomic E-state index is 12.0. The number of methoxy groups -OCH3 is 1. The fourth-order valence-corrected chi connectivity index (χ4v) is 2.55. The average molecular weight is 348 g/mol. The van der Waals surface area contributed by atoms with Gasteiger partial charge < -0.3 is 19.9 Å². The van der Waals surface area contributed by atoms with Crippen LogP contribution in [0, 0.1) is 0 Å². The van der Waals surface area contributed by atoms with Gasteiger partial charge in [0.2, 0.25) is 5.91 Å². The number of anilines is 1. The van der Waals surface area contributed by atoms with Gasteiger partial charge in [-0.3, -0.25) is 4.79 Å². The smallest absolute Gasteiger partial charge is 0.236 e. The number of carbonyl (C=O) groups excluding carboxylic acids is 1. The Morgan fingerprint density at radius 2 is 2.05 bits per heavy atom. The standard InChI is InChI=1S/C15H22ClN3O2.ClH/c1-21-10-5-17-12-15(20)19-8-6-18(7-9-19)14-4-2-3-13(16)11-14;/h2-4,11,17H,5-10,12H2,1H3;1H. The number of hydrogen-bond acceptors (Lipinski definition) is 4. The highest BCUT2D eigenvalue weighted by molar-refractivity contribution is 6.30. The van der Waals surface area contributed by atoms with E-state index in [9.17, 15) is 4.79 Å². The van der Waals surface area contributed by atoms with Crippen molar-refractivity contribution < 1.29 is 9.53 Å². The summed E-state index contributed by atoms with van der Waals surface area (Å²) in [6, 6.07) is 7.84. The second-order valence-corrected chi connectivity index (χ2v) is 5.45. The third-order valence-corrected chi connectivity index (χ3v) is 3.80. The van der Waals surface area contributed by atoms with E-state index in [-0.39, 0.29) is 18.3 Å². The first-order valence-electron chi connectivity index (χ1n) is 7.18. The third-order valence-electron chi connectivity index (χ3n) is 3.56. The zero-order valence-electron chi connectivity index (χ0n) is 12.8. The number of halogens is 2. The van der Waals surface area contributed by atoms with Crippen molar-refractivity contribution in [2.45, 2.75) is 0 Å². The molecule has 124 valence electrons. The highest BCUT2D eigenvalue weighted by Crippen LogP contribution is 2.20. The van der Waals surface area contributed by atoms with E-state index in [0.29, 0.717) is 19.7 Å². The van der Waals surface area contributed by atoms with Gasteiger partial charge in [-0.15, -0.1) is 12.4 Å². The average Bonchev–Trinajstić information content (AvgIpc) is 2.51. The van der Waals surface area contributed by atoms with E-state index in [1.165, 1.54) is 0 Å². The molecule has 0 unspecified atom stereocenters. The molecular formula is C15H23Cl2N3O2.